The number of hydrogen-bond acceptors (Lipinski definition) is 4. The first-order valence-corrected chi connectivity index (χ1v) is 13.7. The Morgan fingerprint density at radius 1 is 0.861 bits per heavy atom. The van der Waals surface area contributed by atoms with Crippen molar-refractivity contribution in [2.45, 2.75) is 32.6 Å². The first-order chi connectivity index (χ1) is 17.8. The van der Waals surface area contributed by atoms with E-state index in [2.05, 4.69) is 88.4 Å². The Morgan fingerprint density at radius 3 is 2.39 bits per heavy atom. The van der Waals surface area contributed by atoms with Gasteiger partial charge in [0.15, 0.2) is 0 Å². The van der Waals surface area contributed by atoms with Crippen molar-refractivity contribution in [2.75, 3.05) is 12.4 Å². The standard InChI is InChI=1S/C29H25N3OS.C2H6/c1-2-32-27-10-6-5-9-24(27)25-15-20(11-13-28(25)32)16-30-31-17-26-23-8-4-3-7-21(23)12-14-29(26)33-18-22-19-34-22;1-2/h3-17,22H,2,18-19H2,1H3;1-2H3/b30-16-,31-17-;. The number of fused-ring (bicyclic) bond motifs is 4. The molecule has 1 fully saturated rings. The van der Waals surface area contributed by atoms with Gasteiger partial charge in [0.1, 0.15) is 12.4 Å². The molecular weight excluding hydrogens is 462 g/mol. The molecule has 1 aromatic heterocycles. The molecule has 1 atom stereocenters. The van der Waals surface area contributed by atoms with Crippen LogP contribution in [0.25, 0.3) is 32.6 Å². The molecule has 0 bridgehead atoms. The monoisotopic (exact) mass is 493 g/mol. The molecule has 182 valence electrons. The SMILES string of the molecule is CC.CCn1c2ccccc2c2cc(/C=N\N=C/c3c(OCC4CS4)ccc4ccccc34)ccc21. The summed E-state index contributed by atoms with van der Waals surface area (Å²) in [6, 6.07) is 27.5. The first kappa shape index (κ1) is 24.1. The highest BCUT2D eigenvalue weighted by Gasteiger charge is 2.23. The number of nitrogens with zero attached hydrogens (tertiary/aromatic N) is 3. The van der Waals surface area contributed by atoms with Crippen molar-refractivity contribution in [1.29, 1.82) is 0 Å². The lowest BCUT2D eigenvalue weighted by Gasteiger charge is -2.10. The summed E-state index contributed by atoms with van der Waals surface area (Å²) in [7, 11) is 0. The van der Waals surface area contributed by atoms with Crippen LogP contribution >= 0.6 is 11.8 Å². The predicted molar refractivity (Wildman–Crippen MR) is 157 cm³/mol. The van der Waals surface area contributed by atoms with Gasteiger partial charge in [-0.15, -0.1) is 0 Å². The van der Waals surface area contributed by atoms with Crippen molar-refractivity contribution in [2.24, 2.45) is 10.2 Å². The maximum atomic E-state index is 6.12. The number of benzene rings is 4. The molecule has 0 spiro atoms. The summed E-state index contributed by atoms with van der Waals surface area (Å²) in [6.07, 6.45) is 3.64. The molecule has 1 saturated heterocycles. The number of rotatable bonds is 7. The molecule has 1 aliphatic heterocycles. The third-order valence-corrected chi connectivity index (χ3v) is 7.27. The van der Waals surface area contributed by atoms with Crippen molar-refractivity contribution in [3.8, 4) is 5.75 Å². The summed E-state index contributed by atoms with van der Waals surface area (Å²) in [5.41, 5.74) is 4.52. The maximum Gasteiger partial charge on any atom is 0.128 e. The maximum absolute atomic E-state index is 6.12. The minimum absolute atomic E-state index is 0.614. The van der Waals surface area contributed by atoms with Gasteiger partial charge in [-0.1, -0.05) is 68.4 Å². The van der Waals surface area contributed by atoms with Crippen LogP contribution in [0.1, 0.15) is 31.9 Å². The second kappa shape index (κ2) is 11.0. The van der Waals surface area contributed by atoms with Crippen LogP contribution in [0.2, 0.25) is 0 Å². The lowest BCUT2D eigenvalue weighted by Crippen LogP contribution is -2.05. The molecule has 0 amide bonds. The second-order valence-corrected chi connectivity index (χ2v) is 9.83. The van der Waals surface area contributed by atoms with Crippen LogP contribution in [0.4, 0.5) is 0 Å². The van der Waals surface area contributed by atoms with E-state index in [1.807, 2.05) is 50.2 Å². The zero-order chi connectivity index (χ0) is 24.9. The van der Waals surface area contributed by atoms with E-state index in [1.54, 1.807) is 0 Å². The normalized spacial score (nSPS) is 15.1. The molecule has 1 aliphatic rings. The van der Waals surface area contributed by atoms with E-state index in [0.717, 1.165) is 35.4 Å². The van der Waals surface area contributed by atoms with Gasteiger partial charge in [0.25, 0.3) is 0 Å². The van der Waals surface area contributed by atoms with Crippen molar-refractivity contribution >= 4 is 56.8 Å². The van der Waals surface area contributed by atoms with Crippen LogP contribution in [0.15, 0.2) is 89.1 Å². The fourth-order valence-electron chi connectivity index (χ4n) is 4.56. The minimum atomic E-state index is 0.614. The Labute approximate surface area is 216 Å². The van der Waals surface area contributed by atoms with Gasteiger partial charge in [-0.2, -0.15) is 22.0 Å². The first-order valence-electron chi connectivity index (χ1n) is 12.7. The van der Waals surface area contributed by atoms with E-state index in [4.69, 9.17) is 4.74 Å². The Bertz CT molecular complexity index is 1560. The van der Waals surface area contributed by atoms with Crippen LogP contribution < -0.4 is 4.74 Å². The average molecular weight is 494 g/mol. The summed E-state index contributed by atoms with van der Waals surface area (Å²) in [5, 5.41) is 14.2. The van der Waals surface area contributed by atoms with Crippen molar-refractivity contribution in [1.82, 2.24) is 4.57 Å². The lowest BCUT2D eigenvalue weighted by atomic mass is 10.0. The highest BCUT2D eigenvalue weighted by Crippen LogP contribution is 2.33. The number of aromatic nitrogens is 1. The van der Waals surface area contributed by atoms with Gasteiger partial charge in [0, 0.05) is 44.9 Å². The van der Waals surface area contributed by atoms with Crippen LogP contribution in [-0.4, -0.2) is 34.6 Å². The summed E-state index contributed by atoms with van der Waals surface area (Å²) in [5.74, 6) is 2.04. The molecule has 5 heteroatoms. The van der Waals surface area contributed by atoms with E-state index >= 15 is 0 Å². The van der Waals surface area contributed by atoms with Crippen LogP contribution in [0, 0.1) is 0 Å². The minimum Gasteiger partial charge on any atom is -0.492 e. The summed E-state index contributed by atoms with van der Waals surface area (Å²) in [4.78, 5) is 0. The van der Waals surface area contributed by atoms with E-state index in [1.165, 1.54) is 32.9 Å². The van der Waals surface area contributed by atoms with Gasteiger partial charge in [-0.3, -0.25) is 0 Å². The molecule has 6 rings (SSSR count). The molecule has 5 aromatic rings. The average Bonchev–Trinajstić information content (AvgIpc) is 3.72. The van der Waals surface area contributed by atoms with Gasteiger partial charge in [-0.25, -0.2) is 0 Å². The zero-order valence-electron chi connectivity index (χ0n) is 21.0. The Kier molecular flexibility index (Phi) is 7.38. The zero-order valence-corrected chi connectivity index (χ0v) is 21.8. The molecule has 4 aromatic carbocycles. The molecule has 0 saturated carbocycles. The van der Waals surface area contributed by atoms with Crippen LogP contribution in [0.3, 0.4) is 0 Å². The van der Waals surface area contributed by atoms with E-state index in [9.17, 15) is 0 Å². The fraction of sp³-hybridized carbons (Fsp3) is 0.226. The number of hydrogen-bond donors (Lipinski definition) is 0. The topological polar surface area (TPSA) is 38.9 Å². The van der Waals surface area contributed by atoms with Gasteiger partial charge in [-0.05, 0) is 47.5 Å². The lowest BCUT2D eigenvalue weighted by molar-refractivity contribution is 0.330. The molecule has 0 N–H and O–H groups in total. The summed E-state index contributed by atoms with van der Waals surface area (Å²) in [6.45, 7) is 7.86. The van der Waals surface area contributed by atoms with Gasteiger partial charge in [0.05, 0.1) is 12.4 Å². The molecule has 2 heterocycles. The van der Waals surface area contributed by atoms with Crippen LogP contribution in [-0.2, 0) is 6.54 Å². The second-order valence-electron chi connectivity index (χ2n) is 8.49. The van der Waals surface area contributed by atoms with E-state index in [-0.39, 0.29) is 0 Å². The molecule has 0 aliphatic carbocycles. The Hall–Kier alpha value is -3.57. The van der Waals surface area contributed by atoms with Gasteiger partial charge >= 0.3 is 0 Å². The van der Waals surface area contributed by atoms with Gasteiger partial charge in [0.2, 0.25) is 0 Å². The van der Waals surface area contributed by atoms with Crippen LogP contribution in [0.5, 0.6) is 5.75 Å². The Balaban J connectivity index is 0.00000130. The number of aryl methyl sites for hydroxylation is 1. The van der Waals surface area contributed by atoms with Gasteiger partial charge < -0.3 is 9.30 Å². The van der Waals surface area contributed by atoms with Crippen molar-refractivity contribution in [3.63, 3.8) is 0 Å². The largest absolute Gasteiger partial charge is 0.492 e. The fourth-order valence-corrected chi connectivity index (χ4v) is 4.96. The molecule has 0 radical (unpaired) electrons. The van der Waals surface area contributed by atoms with E-state index < -0.39 is 0 Å². The Morgan fingerprint density at radius 2 is 1.58 bits per heavy atom. The summed E-state index contributed by atoms with van der Waals surface area (Å²) >= 11 is 1.94. The number of ether oxygens (including phenoxy) is 1. The number of thioether (sulfide) groups is 1. The molecule has 4 nitrogen and oxygen atoms in total. The molecular formula is C31H31N3OS. The molecule has 36 heavy (non-hydrogen) atoms. The smallest absolute Gasteiger partial charge is 0.128 e. The van der Waals surface area contributed by atoms with E-state index in [0.29, 0.717) is 5.25 Å². The van der Waals surface area contributed by atoms with Crippen molar-refractivity contribution in [3.05, 3.63) is 90.0 Å². The predicted octanol–water partition coefficient (Wildman–Crippen LogP) is 7.94. The third-order valence-electron chi connectivity index (χ3n) is 6.33. The highest BCUT2D eigenvalue weighted by molar-refractivity contribution is 8.06. The van der Waals surface area contributed by atoms with Crippen molar-refractivity contribution < 1.29 is 4.74 Å². The number of para-hydroxylation sites is 1. The third kappa shape index (κ3) is 4.89. The summed E-state index contributed by atoms with van der Waals surface area (Å²) < 4.78 is 8.47. The highest BCUT2D eigenvalue weighted by atomic mass is 32.2. The molecule has 1 unspecified atom stereocenters. The quantitative estimate of drug-likeness (QED) is 0.131.